The van der Waals surface area contributed by atoms with Crippen molar-refractivity contribution in [1.82, 2.24) is 15.2 Å². The normalized spacial score (nSPS) is 17.1. The van der Waals surface area contributed by atoms with Gasteiger partial charge in [-0.3, -0.25) is 10.4 Å². The fourth-order valence-corrected chi connectivity index (χ4v) is 5.72. The maximum atomic E-state index is 4.96. The largest absolute Gasteiger partial charge is 0.368 e. The maximum absolute atomic E-state index is 4.96. The van der Waals surface area contributed by atoms with Crippen LogP contribution in [0.25, 0.3) is 5.70 Å². The highest BCUT2D eigenvalue weighted by atomic mass is 32.2. The summed E-state index contributed by atoms with van der Waals surface area (Å²) in [6, 6.07) is 15.3. The molecule has 0 saturated carbocycles. The summed E-state index contributed by atoms with van der Waals surface area (Å²) >= 11 is 0. The van der Waals surface area contributed by atoms with E-state index in [4.69, 9.17) is 4.40 Å². The average molecular weight is 396 g/mol. The molecule has 1 N–H and O–H groups in total. The average Bonchev–Trinajstić information content (AvgIpc) is 3.08. The van der Waals surface area contributed by atoms with Crippen molar-refractivity contribution in [2.75, 3.05) is 45.3 Å². The molecule has 0 radical (unpaired) electrons. The summed E-state index contributed by atoms with van der Waals surface area (Å²) in [5, 5.41) is 3.58. The lowest BCUT2D eigenvalue weighted by Gasteiger charge is -2.24. The zero-order valence-corrected chi connectivity index (χ0v) is 18.0. The molecular weight excluding hydrogens is 366 g/mol. The van der Waals surface area contributed by atoms with Crippen molar-refractivity contribution in [1.29, 1.82) is 0 Å². The summed E-state index contributed by atoms with van der Waals surface area (Å²) in [6.07, 6.45) is 1.94. The van der Waals surface area contributed by atoms with Gasteiger partial charge in [-0.1, -0.05) is 38.1 Å². The van der Waals surface area contributed by atoms with Crippen LogP contribution < -0.4 is 15.7 Å². The van der Waals surface area contributed by atoms with E-state index >= 15 is 0 Å². The molecule has 0 bridgehead atoms. The smallest absolute Gasteiger partial charge is 0.0982 e. The molecule has 0 fully saturated rings. The molecule has 0 amide bonds. The van der Waals surface area contributed by atoms with Crippen LogP contribution >= 0.6 is 10.7 Å². The number of hydrogen-bond acceptors (Lipinski definition) is 4. The molecule has 0 aliphatic carbocycles. The second-order valence-corrected chi connectivity index (χ2v) is 8.94. The van der Waals surface area contributed by atoms with Crippen molar-refractivity contribution in [3.8, 4) is 0 Å². The lowest BCUT2D eigenvalue weighted by molar-refractivity contribution is 0.308. The number of fused-ring (bicyclic) bond motifs is 1. The molecule has 148 valence electrons. The molecule has 0 aromatic heterocycles. The molecule has 2 aliphatic heterocycles. The van der Waals surface area contributed by atoms with Crippen LogP contribution in [0, 0.1) is 4.51 Å². The third-order valence-electron chi connectivity index (χ3n) is 5.28. The van der Waals surface area contributed by atoms with E-state index < -0.39 is 0 Å². The highest BCUT2D eigenvalue weighted by Crippen LogP contribution is 2.44. The Labute approximate surface area is 170 Å². The van der Waals surface area contributed by atoms with E-state index in [0.29, 0.717) is 0 Å². The number of benzene rings is 2. The first-order valence-corrected chi connectivity index (χ1v) is 11.1. The standard InChI is InChI=1S/C22H29N5S/c1-5-26(6-2)14-15-27-18-11-9-13-20-21(18)22(24-27)17-10-7-8-12-19(17)28(20)23-16-25(3)4/h7-13,16,24H,5-6,14-15H2,1-4H3. The fourth-order valence-electron chi connectivity index (χ4n) is 3.78. The number of hydrazine groups is 1. The number of likely N-dealkylation sites (N-methyl/N-ethyl adjacent to an activating group) is 1. The van der Waals surface area contributed by atoms with E-state index in [2.05, 4.69) is 71.6 Å². The van der Waals surface area contributed by atoms with Crippen molar-refractivity contribution in [2.24, 2.45) is 4.40 Å². The van der Waals surface area contributed by atoms with Gasteiger partial charge in [-0.25, -0.2) is 4.40 Å². The minimum absolute atomic E-state index is 0.307. The molecule has 1 atom stereocenters. The van der Waals surface area contributed by atoms with Crippen LogP contribution in [0.15, 0.2) is 51.8 Å². The Kier molecular flexibility index (Phi) is 5.42. The van der Waals surface area contributed by atoms with Crippen LogP contribution in [0.4, 0.5) is 5.69 Å². The molecule has 2 aromatic carbocycles. The molecule has 28 heavy (non-hydrogen) atoms. The minimum atomic E-state index is -0.307. The van der Waals surface area contributed by atoms with Gasteiger partial charge in [-0.2, -0.15) is 0 Å². The molecule has 0 spiro atoms. The number of hydrogen-bond donors (Lipinski definition) is 1. The topological polar surface area (TPSA) is 34.1 Å². The Morgan fingerprint density at radius 1 is 1.07 bits per heavy atom. The summed E-state index contributed by atoms with van der Waals surface area (Å²) in [7, 11) is 3.73. The summed E-state index contributed by atoms with van der Waals surface area (Å²) in [5.41, 5.74) is 7.52. The Morgan fingerprint density at radius 3 is 2.61 bits per heavy atom. The third kappa shape index (κ3) is 3.31. The van der Waals surface area contributed by atoms with E-state index in [1.54, 1.807) is 0 Å². The first-order chi connectivity index (χ1) is 13.6. The molecule has 2 aromatic rings. The summed E-state index contributed by atoms with van der Waals surface area (Å²) in [5.74, 6) is 0. The van der Waals surface area contributed by atoms with E-state index in [1.165, 1.54) is 31.6 Å². The Balaban J connectivity index is 1.83. The third-order valence-corrected chi connectivity index (χ3v) is 7.12. The lowest BCUT2D eigenvalue weighted by atomic mass is 10.1. The van der Waals surface area contributed by atoms with E-state index in [9.17, 15) is 0 Å². The lowest BCUT2D eigenvalue weighted by Crippen LogP contribution is -2.40. The highest BCUT2D eigenvalue weighted by Gasteiger charge is 2.30. The molecule has 2 aliphatic rings. The van der Waals surface area contributed by atoms with Gasteiger partial charge >= 0.3 is 0 Å². The fraction of sp³-hybridized carbons (Fsp3) is 0.364. The van der Waals surface area contributed by atoms with Gasteiger partial charge in [0.2, 0.25) is 0 Å². The highest BCUT2D eigenvalue weighted by molar-refractivity contribution is 8.08. The molecule has 0 saturated heterocycles. The van der Waals surface area contributed by atoms with E-state index in [1.807, 2.05) is 25.3 Å². The summed E-state index contributed by atoms with van der Waals surface area (Å²) < 4.78 is 6.25. The van der Waals surface area contributed by atoms with Gasteiger partial charge in [-0.15, -0.1) is 0 Å². The second kappa shape index (κ2) is 7.97. The first-order valence-electron chi connectivity index (χ1n) is 9.95. The maximum Gasteiger partial charge on any atom is 0.0982 e. The predicted octanol–water partition coefficient (Wildman–Crippen LogP) is 2.91. The van der Waals surface area contributed by atoms with Crippen LogP contribution in [0.2, 0.25) is 0 Å². The monoisotopic (exact) mass is 395 g/mol. The summed E-state index contributed by atoms with van der Waals surface area (Å²) in [4.78, 5) is 5.78. The van der Waals surface area contributed by atoms with Crippen molar-refractivity contribution in [3.05, 3.63) is 57.8 Å². The van der Waals surface area contributed by atoms with Crippen molar-refractivity contribution < 1.29 is 0 Å². The second-order valence-electron chi connectivity index (χ2n) is 7.28. The molecule has 5 nitrogen and oxygen atoms in total. The van der Waals surface area contributed by atoms with Gasteiger partial charge in [0.25, 0.3) is 0 Å². The predicted molar refractivity (Wildman–Crippen MR) is 120 cm³/mol. The number of anilines is 1. The number of rotatable bonds is 7. The van der Waals surface area contributed by atoms with Crippen LogP contribution in [0.1, 0.15) is 19.4 Å². The molecular formula is C22H29N5S. The number of nitrogens with one attached hydrogen (secondary N) is 1. The Hall–Kier alpha value is -2.31. The molecule has 2 heterocycles. The van der Waals surface area contributed by atoms with Crippen LogP contribution in [-0.2, 0) is 0 Å². The van der Waals surface area contributed by atoms with E-state index in [0.717, 1.165) is 26.2 Å². The zero-order valence-electron chi connectivity index (χ0n) is 17.1. The zero-order chi connectivity index (χ0) is 19.7. The quantitative estimate of drug-likeness (QED) is 0.444. The van der Waals surface area contributed by atoms with Crippen molar-refractivity contribution >= 4 is 28.4 Å². The van der Waals surface area contributed by atoms with Crippen LogP contribution in [-0.4, -0.2) is 56.4 Å². The van der Waals surface area contributed by atoms with Gasteiger partial charge in [0.1, 0.15) is 0 Å². The van der Waals surface area contributed by atoms with Gasteiger partial charge < -0.3 is 9.80 Å². The van der Waals surface area contributed by atoms with Crippen LogP contribution in [0.5, 0.6) is 0 Å². The van der Waals surface area contributed by atoms with Gasteiger partial charge in [-0.05, 0) is 42.0 Å². The molecule has 4 rings (SSSR count). The van der Waals surface area contributed by atoms with Gasteiger partial charge in [0, 0.05) is 40.8 Å². The molecule has 1 unspecified atom stereocenters. The Morgan fingerprint density at radius 2 is 1.86 bits per heavy atom. The SMILES string of the molecule is CCN(CC)CCN1NC2=c3ccccc3=S(N=CN(C)C)c3cccc1c32. The van der Waals surface area contributed by atoms with E-state index in [-0.39, 0.29) is 10.7 Å². The van der Waals surface area contributed by atoms with Gasteiger partial charge in [0.05, 0.1) is 24.3 Å². The van der Waals surface area contributed by atoms with Crippen LogP contribution in [0.3, 0.4) is 0 Å². The van der Waals surface area contributed by atoms with Crippen molar-refractivity contribution in [2.45, 2.75) is 18.7 Å². The molecule has 6 heteroatoms. The summed E-state index contributed by atoms with van der Waals surface area (Å²) in [6.45, 7) is 8.62. The first kappa shape index (κ1) is 19.0. The van der Waals surface area contributed by atoms with Gasteiger partial charge in [0.15, 0.2) is 0 Å². The minimum Gasteiger partial charge on any atom is -0.368 e. The Bertz CT molecular complexity index is 1020. The van der Waals surface area contributed by atoms with Crippen molar-refractivity contribution in [3.63, 3.8) is 0 Å². The number of nitrogens with zero attached hydrogens (tertiary/aromatic N) is 4.